The summed E-state index contributed by atoms with van der Waals surface area (Å²) in [6.07, 6.45) is 0. The largest absolute Gasteiger partial charge is 0.334 e. The van der Waals surface area contributed by atoms with Crippen molar-refractivity contribution in [2.45, 2.75) is 39.9 Å². The van der Waals surface area contributed by atoms with Crippen LogP contribution in [0.4, 0.5) is 9.18 Å². The average molecular weight is 304 g/mol. The molecule has 2 N–H and O–H groups in total. The van der Waals surface area contributed by atoms with Crippen LogP contribution in [0.25, 0.3) is 0 Å². The molecule has 2 aromatic rings. The van der Waals surface area contributed by atoms with E-state index in [0.717, 1.165) is 17.0 Å². The van der Waals surface area contributed by atoms with Gasteiger partial charge in [-0.2, -0.15) is 5.10 Å². The highest BCUT2D eigenvalue weighted by Gasteiger charge is 2.10. The zero-order valence-electron chi connectivity index (χ0n) is 13.1. The molecule has 118 valence electrons. The van der Waals surface area contributed by atoms with Crippen LogP contribution in [0.2, 0.25) is 0 Å². The minimum atomic E-state index is -0.285. The molecule has 0 aliphatic heterocycles. The normalized spacial score (nSPS) is 12.0. The van der Waals surface area contributed by atoms with Crippen LogP contribution in [0.5, 0.6) is 0 Å². The zero-order valence-corrected chi connectivity index (χ0v) is 13.1. The lowest BCUT2D eigenvalue weighted by atomic mass is 10.2. The van der Waals surface area contributed by atoms with E-state index in [9.17, 15) is 9.18 Å². The van der Waals surface area contributed by atoms with E-state index in [-0.39, 0.29) is 17.9 Å². The Balaban J connectivity index is 1.78. The first-order valence-electron chi connectivity index (χ1n) is 7.24. The molecule has 1 aromatic heterocycles. The Labute approximate surface area is 129 Å². The number of aromatic nitrogens is 2. The van der Waals surface area contributed by atoms with Gasteiger partial charge in [0, 0.05) is 18.3 Å². The van der Waals surface area contributed by atoms with E-state index in [1.807, 2.05) is 31.5 Å². The maximum Gasteiger partial charge on any atom is 0.315 e. The second-order valence-corrected chi connectivity index (χ2v) is 5.46. The van der Waals surface area contributed by atoms with Crippen molar-refractivity contribution in [3.63, 3.8) is 0 Å². The molecule has 0 spiro atoms. The van der Waals surface area contributed by atoms with E-state index in [2.05, 4.69) is 15.7 Å². The summed E-state index contributed by atoms with van der Waals surface area (Å²) < 4.78 is 14.7. The molecule has 0 saturated heterocycles. The summed E-state index contributed by atoms with van der Waals surface area (Å²) >= 11 is 0. The lowest BCUT2D eigenvalue weighted by Crippen LogP contribution is -2.42. The van der Waals surface area contributed by atoms with Gasteiger partial charge >= 0.3 is 6.03 Å². The van der Waals surface area contributed by atoms with Gasteiger partial charge in [-0.3, -0.25) is 4.68 Å². The molecular weight excluding hydrogens is 283 g/mol. The summed E-state index contributed by atoms with van der Waals surface area (Å²) in [7, 11) is 0. The van der Waals surface area contributed by atoms with Gasteiger partial charge in [-0.05, 0) is 44.5 Å². The molecule has 0 bridgehead atoms. The van der Waals surface area contributed by atoms with Crippen molar-refractivity contribution in [3.05, 3.63) is 53.1 Å². The van der Waals surface area contributed by atoms with E-state index >= 15 is 0 Å². The van der Waals surface area contributed by atoms with Crippen LogP contribution in [0.15, 0.2) is 30.3 Å². The van der Waals surface area contributed by atoms with Crippen molar-refractivity contribution >= 4 is 6.03 Å². The molecule has 0 radical (unpaired) electrons. The van der Waals surface area contributed by atoms with E-state index in [1.165, 1.54) is 12.1 Å². The van der Waals surface area contributed by atoms with Crippen molar-refractivity contribution in [1.82, 2.24) is 20.4 Å². The number of amides is 2. The number of carbonyl (C=O) groups is 1. The van der Waals surface area contributed by atoms with Gasteiger partial charge in [-0.15, -0.1) is 0 Å². The Hall–Kier alpha value is -2.37. The maximum atomic E-state index is 12.8. The molecular formula is C16H21FN4O. The molecule has 0 aliphatic rings. The molecule has 1 atom stereocenters. The fourth-order valence-corrected chi connectivity index (χ4v) is 2.22. The van der Waals surface area contributed by atoms with Gasteiger partial charge in [0.2, 0.25) is 0 Å². The molecule has 22 heavy (non-hydrogen) atoms. The molecule has 1 aromatic carbocycles. The number of aryl methyl sites for hydroxylation is 2. The van der Waals surface area contributed by atoms with Crippen LogP contribution in [-0.4, -0.2) is 21.9 Å². The summed E-state index contributed by atoms with van der Waals surface area (Å²) in [5.74, 6) is -0.285. The molecule has 0 aliphatic carbocycles. The molecule has 1 unspecified atom stereocenters. The summed E-state index contributed by atoms with van der Waals surface area (Å²) in [5.41, 5.74) is 2.88. The Morgan fingerprint density at radius 3 is 2.59 bits per heavy atom. The van der Waals surface area contributed by atoms with Gasteiger partial charge in [-0.25, -0.2) is 9.18 Å². The number of halogens is 1. The standard InChI is InChI=1S/C16H21FN4O/c1-11-8-13(3)21(20-11)10-12(2)19-16(22)18-9-14-4-6-15(17)7-5-14/h4-8,12H,9-10H2,1-3H3,(H2,18,19,22). The first-order valence-corrected chi connectivity index (χ1v) is 7.24. The summed E-state index contributed by atoms with van der Waals surface area (Å²) in [5, 5.41) is 9.98. The monoisotopic (exact) mass is 304 g/mol. The van der Waals surface area contributed by atoms with E-state index < -0.39 is 0 Å². The lowest BCUT2D eigenvalue weighted by Gasteiger charge is -2.15. The van der Waals surface area contributed by atoms with Crippen LogP contribution >= 0.6 is 0 Å². The zero-order chi connectivity index (χ0) is 16.1. The van der Waals surface area contributed by atoms with Gasteiger partial charge in [0.15, 0.2) is 0 Å². The summed E-state index contributed by atoms with van der Waals surface area (Å²) in [6, 6.07) is 7.75. The highest BCUT2D eigenvalue weighted by Crippen LogP contribution is 2.03. The molecule has 1 heterocycles. The second kappa shape index (κ2) is 7.06. The van der Waals surface area contributed by atoms with Crippen LogP contribution < -0.4 is 10.6 Å². The molecule has 0 saturated carbocycles. The Bertz CT molecular complexity index is 636. The average Bonchev–Trinajstić information content (AvgIpc) is 2.76. The minimum absolute atomic E-state index is 0.0498. The van der Waals surface area contributed by atoms with Gasteiger partial charge < -0.3 is 10.6 Å². The van der Waals surface area contributed by atoms with Crippen molar-refractivity contribution in [3.8, 4) is 0 Å². The van der Waals surface area contributed by atoms with Gasteiger partial charge in [0.05, 0.1) is 12.2 Å². The highest BCUT2D eigenvalue weighted by atomic mass is 19.1. The molecule has 2 rings (SSSR count). The van der Waals surface area contributed by atoms with E-state index in [0.29, 0.717) is 13.1 Å². The van der Waals surface area contributed by atoms with Crippen molar-refractivity contribution in [1.29, 1.82) is 0 Å². The topological polar surface area (TPSA) is 59.0 Å². The van der Waals surface area contributed by atoms with Crippen LogP contribution in [0.1, 0.15) is 23.9 Å². The third kappa shape index (κ3) is 4.58. The number of urea groups is 1. The number of hydrogen-bond acceptors (Lipinski definition) is 2. The fraction of sp³-hybridized carbons (Fsp3) is 0.375. The Morgan fingerprint density at radius 1 is 1.32 bits per heavy atom. The number of benzene rings is 1. The maximum absolute atomic E-state index is 12.8. The molecule has 5 nitrogen and oxygen atoms in total. The smallest absolute Gasteiger partial charge is 0.315 e. The quantitative estimate of drug-likeness (QED) is 0.892. The number of nitrogens with one attached hydrogen (secondary N) is 2. The van der Waals surface area contributed by atoms with Crippen LogP contribution in [0, 0.1) is 19.7 Å². The van der Waals surface area contributed by atoms with Crippen LogP contribution in [0.3, 0.4) is 0 Å². The second-order valence-electron chi connectivity index (χ2n) is 5.46. The van der Waals surface area contributed by atoms with E-state index in [4.69, 9.17) is 0 Å². The summed E-state index contributed by atoms with van der Waals surface area (Å²) in [4.78, 5) is 11.8. The first kappa shape index (κ1) is 16.0. The Kier molecular flexibility index (Phi) is 5.14. The predicted molar refractivity (Wildman–Crippen MR) is 82.9 cm³/mol. The lowest BCUT2D eigenvalue weighted by molar-refractivity contribution is 0.235. The number of rotatable bonds is 5. The van der Waals surface area contributed by atoms with Gasteiger partial charge in [-0.1, -0.05) is 12.1 Å². The molecule has 0 fully saturated rings. The predicted octanol–water partition coefficient (Wildman–Crippen LogP) is 2.53. The van der Waals surface area contributed by atoms with Crippen LogP contribution in [-0.2, 0) is 13.1 Å². The number of nitrogens with zero attached hydrogens (tertiary/aromatic N) is 2. The van der Waals surface area contributed by atoms with E-state index in [1.54, 1.807) is 12.1 Å². The third-order valence-electron chi connectivity index (χ3n) is 3.29. The van der Waals surface area contributed by atoms with Gasteiger partial charge in [0.1, 0.15) is 5.82 Å². The number of hydrogen-bond donors (Lipinski definition) is 2. The SMILES string of the molecule is Cc1cc(C)n(CC(C)NC(=O)NCc2ccc(F)cc2)n1. The summed E-state index contributed by atoms with van der Waals surface area (Å²) in [6.45, 7) is 6.83. The fourth-order valence-electron chi connectivity index (χ4n) is 2.22. The molecule has 2 amide bonds. The minimum Gasteiger partial charge on any atom is -0.334 e. The third-order valence-corrected chi connectivity index (χ3v) is 3.29. The van der Waals surface area contributed by atoms with Gasteiger partial charge in [0.25, 0.3) is 0 Å². The Morgan fingerprint density at radius 2 is 2.00 bits per heavy atom. The molecule has 6 heteroatoms. The van der Waals surface area contributed by atoms with Crippen molar-refractivity contribution in [2.75, 3.05) is 0 Å². The highest BCUT2D eigenvalue weighted by molar-refractivity contribution is 5.74. The first-order chi connectivity index (χ1) is 10.4. The van der Waals surface area contributed by atoms with Crippen molar-refractivity contribution < 1.29 is 9.18 Å². The van der Waals surface area contributed by atoms with Crippen molar-refractivity contribution in [2.24, 2.45) is 0 Å². The number of carbonyl (C=O) groups excluding carboxylic acids is 1.